The van der Waals surface area contributed by atoms with Crippen molar-refractivity contribution in [3.63, 3.8) is 0 Å². The van der Waals surface area contributed by atoms with E-state index in [0.717, 1.165) is 12.6 Å². The Hall–Kier alpha value is 0.270. The third-order valence-electron chi connectivity index (χ3n) is 2.96. The zero-order valence-electron chi connectivity index (χ0n) is 10.1. The summed E-state index contributed by atoms with van der Waals surface area (Å²) in [6.07, 6.45) is 9.24. The van der Waals surface area contributed by atoms with Crippen molar-refractivity contribution in [3.05, 3.63) is 0 Å². The first-order valence-corrected chi connectivity index (χ1v) is 7.60. The Balaban J connectivity index is 1.78. The summed E-state index contributed by atoms with van der Waals surface area (Å²) in [5, 5.41) is 3.60. The topological polar surface area (TPSA) is 21.3 Å². The number of rotatable bonds is 9. The van der Waals surface area contributed by atoms with Crippen LogP contribution in [0.1, 0.15) is 39.0 Å². The summed E-state index contributed by atoms with van der Waals surface area (Å²) >= 11 is 1.95. The fourth-order valence-corrected chi connectivity index (χ4v) is 2.45. The molecule has 0 aromatic carbocycles. The van der Waals surface area contributed by atoms with Gasteiger partial charge < -0.3 is 10.1 Å². The van der Waals surface area contributed by atoms with Crippen molar-refractivity contribution in [2.45, 2.75) is 51.2 Å². The minimum Gasteiger partial charge on any atom is -0.378 e. The van der Waals surface area contributed by atoms with Gasteiger partial charge in [-0.2, -0.15) is 11.8 Å². The van der Waals surface area contributed by atoms with Crippen molar-refractivity contribution in [3.8, 4) is 0 Å². The molecule has 0 unspecified atom stereocenters. The molecule has 0 bridgehead atoms. The van der Waals surface area contributed by atoms with E-state index in [4.69, 9.17) is 4.74 Å². The first-order valence-electron chi connectivity index (χ1n) is 6.20. The molecule has 1 fully saturated rings. The van der Waals surface area contributed by atoms with Crippen LogP contribution in [0.4, 0.5) is 0 Å². The van der Waals surface area contributed by atoms with Crippen LogP contribution < -0.4 is 5.32 Å². The number of nitrogens with one attached hydrogen (secondary N) is 1. The van der Waals surface area contributed by atoms with Crippen LogP contribution >= 0.6 is 11.8 Å². The van der Waals surface area contributed by atoms with E-state index in [9.17, 15) is 0 Å². The summed E-state index contributed by atoms with van der Waals surface area (Å²) in [6, 6.07) is 0.738. The van der Waals surface area contributed by atoms with Crippen molar-refractivity contribution < 1.29 is 4.74 Å². The zero-order chi connectivity index (χ0) is 10.9. The molecule has 0 amide bonds. The molecule has 3 heteroatoms. The van der Waals surface area contributed by atoms with Crippen molar-refractivity contribution in [1.82, 2.24) is 5.32 Å². The number of hydrogen-bond acceptors (Lipinski definition) is 3. The number of hydrogen-bond donors (Lipinski definition) is 1. The minimum atomic E-state index is 0.545. The maximum absolute atomic E-state index is 5.52. The second-order valence-electron chi connectivity index (χ2n) is 4.25. The Bertz CT molecular complexity index is 149. The van der Waals surface area contributed by atoms with E-state index >= 15 is 0 Å². The van der Waals surface area contributed by atoms with Gasteiger partial charge in [0.2, 0.25) is 0 Å². The van der Waals surface area contributed by atoms with Crippen molar-refractivity contribution in [2.24, 2.45) is 0 Å². The number of ether oxygens (including phenoxy) is 1. The van der Waals surface area contributed by atoms with Crippen LogP contribution in [0, 0.1) is 0 Å². The first kappa shape index (κ1) is 13.3. The average molecular weight is 231 g/mol. The van der Waals surface area contributed by atoms with Gasteiger partial charge in [-0.05, 0) is 51.2 Å². The van der Waals surface area contributed by atoms with E-state index in [1.165, 1.54) is 44.4 Å². The molecule has 0 atom stereocenters. The Morgan fingerprint density at radius 1 is 1.27 bits per heavy atom. The normalized spacial score (nSPS) is 25.2. The van der Waals surface area contributed by atoms with E-state index in [2.05, 4.69) is 18.5 Å². The molecule has 1 aliphatic carbocycles. The quantitative estimate of drug-likeness (QED) is 0.617. The highest BCUT2D eigenvalue weighted by Crippen LogP contribution is 2.23. The zero-order valence-corrected chi connectivity index (χ0v) is 10.9. The standard InChI is InChI=1S/C12H25NOS/c1-3-14-12-9-11(10-12)13-7-5-4-6-8-15-2/h11-13H,3-10H2,1-2H3. The Labute approximate surface area is 98.5 Å². The largest absolute Gasteiger partial charge is 0.378 e. The molecule has 0 spiro atoms. The van der Waals surface area contributed by atoms with E-state index in [1.807, 2.05) is 11.8 Å². The van der Waals surface area contributed by atoms with Crippen molar-refractivity contribution in [1.29, 1.82) is 0 Å². The van der Waals surface area contributed by atoms with Gasteiger partial charge in [-0.3, -0.25) is 0 Å². The van der Waals surface area contributed by atoms with Crippen LogP contribution in [0.15, 0.2) is 0 Å². The molecule has 1 saturated carbocycles. The maximum atomic E-state index is 5.52. The van der Waals surface area contributed by atoms with Crippen molar-refractivity contribution >= 4 is 11.8 Å². The summed E-state index contributed by atoms with van der Waals surface area (Å²) < 4.78 is 5.52. The van der Waals surface area contributed by atoms with E-state index in [-0.39, 0.29) is 0 Å². The van der Waals surface area contributed by atoms with Crippen LogP contribution in [-0.4, -0.2) is 37.3 Å². The molecule has 0 aromatic rings. The first-order chi connectivity index (χ1) is 7.36. The highest BCUT2D eigenvalue weighted by atomic mass is 32.2. The highest BCUT2D eigenvalue weighted by molar-refractivity contribution is 7.98. The second-order valence-corrected chi connectivity index (χ2v) is 5.24. The fourth-order valence-electron chi connectivity index (χ4n) is 1.96. The average Bonchev–Trinajstić information content (AvgIpc) is 2.19. The Morgan fingerprint density at radius 3 is 2.73 bits per heavy atom. The lowest BCUT2D eigenvalue weighted by Crippen LogP contribution is -2.45. The summed E-state index contributed by atoms with van der Waals surface area (Å²) in [5.41, 5.74) is 0. The summed E-state index contributed by atoms with van der Waals surface area (Å²) in [5.74, 6) is 1.32. The molecule has 90 valence electrons. The van der Waals surface area contributed by atoms with Gasteiger partial charge in [0, 0.05) is 12.6 Å². The molecule has 0 aliphatic heterocycles. The van der Waals surface area contributed by atoms with Gasteiger partial charge >= 0.3 is 0 Å². The molecular weight excluding hydrogens is 206 g/mol. The molecule has 0 heterocycles. The van der Waals surface area contributed by atoms with Crippen LogP contribution in [0.2, 0.25) is 0 Å². The number of unbranched alkanes of at least 4 members (excludes halogenated alkanes) is 2. The summed E-state index contributed by atoms with van der Waals surface area (Å²) in [7, 11) is 0. The molecule has 1 aliphatic rings. The fraction of sp³-hybridized carbons (Fsp3) is 1.00. The van der Waals surface area contributed by atoms with Gasteiger partial charge in [0.1, 0.15) is 0 Å². The van der Waals surface area contributed by atoms with Gasteiger partial charge in [0.15, 0.2) is 0 Å². The number of thioether (sulfide) groups is 1. The lowest BCUT2D eigenvalue weighted by molar-refractivity contribution is -0.00975. The predicted molar refractivity (Wildman–Crippen MR) is 68.7 cm³/mol. The SMILES string of the molecule is CCOC1CC(NCCCCCSC)C1. The van der Waals surface area contributed by atoms with Crippen LogP contribution in [0.5, 0.6) is 0 Å². The van der Waals surface area contributed by atoms with Gasteiger partial charge in [0.05, 0.1) is 6.10 Å². The third kappa shape index (κ3) is 5.79. The van der Waals surface area contributed by atoms with Crippen LogP contribution in [-0.2, 0) is 4.74 Å². The monoisotopic (exact) mass is 231 g/mol. The molecule has 1 rings (SSSR count). The smallest absolute Gasteiger partial charge is 0.0604 e. The predicted octanol–water partition coefficient (Wildman–Crippen LogP) is 2.68. The molecule has 0 saturated heterocycles. The summed E-state index contributed by atoms with van der Waals surface area (Å²) in [6.45, 7) is 4.14. The maximum Gasteiger partial charge on any atom is 0.0604 e. The third-order valence-corrected chi connectivity index (χ3v) is 3.65. The van der Waals surface area contributed by atoms with Crippen LogP contribution in [0.25, 0.3) is 0 Å². The summed E-state index contributed by atoms with van der Waals surface area (Å²) in [4.78, 5) is 0. The van der Waals surface area contributed by atoms with E-state index in [1.54, 1.807) is 0 Å². The van der Waals surface area contributed by atoms with E-state index in [0.29, 0.717) is 6.10 Å². The molecule has 15 heavy (non-hydrogen) atoms. The van der Waals surface area contributed by atoms with Gasteiger partial charge in [0.25, 0.3) is 0 Å². The van der Waals surface area contributed by atoms with Gasteiger partial charge in [-0.1, -0.05) is 6.42 Å². The highest BCUT2D eigenvalue weighted by Gasteiger charge is 2.28. The van der Waals surface area contributed by atoms with Crippen LogP contribution in [0.3, 0.4) is 0 Å². The van der Waals surface area contributed by atoms with E-state index < -0.39 is 0 Å². The van der Waals surface area contributed by atoms with Crippen molar-refractivity contribution in [2.75, 3.05) is 25.2 Å². The molecular formula is C12H25NOS. The lowest BCUT2D eigenvalue weighted by atomic mass is 9.89. The Morgan fingerprint density at radius 2 is 2.07 bits per heavy atom. The minimum absolute atomic E-state index is 0.545. The second kappa shape index (κ2) is 8.43. The molecule has 0 radical (unpaired) electrons. The molecule has 1 N–H and O–H groups in total. The molecule has 2 nitrogen and oxygen atoms in total. The molecule has 0 aromatic heterocycles. The lowest BCUT2D eigenvalue weighted by Gasteiger charge is -2.35. The van der Waals surface area contributed by atoms with Gasteiger partial charge in [-0.25, -0.2) is 0 Å². The Kier molecular flexibility index (Phi) is 7.49. The van der Waals surface area contributed by atoms with Gasteiger partial charge in [-0.15, -0.1) is 0 Å².